The van der Waals surface area contributed by atoms with Crippen molar-refractivity contribution in [1.82, 2.24) is 0 Å². The Bertz CT molecular complexity index is 1390. The van der Waals surface area contributed by atoms with E-state index < -0.39 is 19.8 Å². The number of nitrogen functional groups attached to an aromatic ring is 3. The van der Waals surface area contributed by atoms with Gasteiger partial charge in [-0.3, -0.25) is 0 Å². The number of hydrogen-bond donors (Lipinski definition) is 3. The van der Waals surface area contributed by atoms with Crippen LogP contribution in [0, 0.1) is 0 Å². The first-order valence-corrected chi connectivity index (χ1v) is 15.6. The molecule has 0 aromatic heterocycles. The lowest BCUT2D eigenvalue weighted by Crippen LogP contribution is -2.06. The number of ether oxygens (including phenoxy) is 3. The standard InChI is InChI=1S/2C12H17F2NO.C12H15F2NO/c3*1-4-8-5-9(16-12(13)14)6-10(7(2)3)11(8)15/h2*5-7,12H,4,15H2,1-3H3;4-7,12H,1,15H2,2-3H3. The highest BCUT2D eigenvalue weighted by Crippen LogP contribution is 2.33. The van der Waals surface area contributed by atoms with Crippen molar-refractivity contribution in [1.29, 1.82) is 0 Å². The van der Waals surface area contributed by atoms with Crippen LogP contribution in [0.4, 0.5) is 43.4 Å². The van der Waals surface area contributed by atoms with Gasteiger partial charge >= 0.3 is 19.8 Å². The highest BCUT2D eigenvalue weighted by molar-refractivity contribution is 5.69. The average Bonchev–Trinajstić information content (AvgIpc) is 2.98. The third-order valence-electron chi connectivity index (χ3n) is 7.28. The van der Waals surface area contributed by atoms with Gasteiger partial charge < -0.3 is 31.4 Å². The van der Waals surface area contributed by atoms with Crippen molar-refractivity contribution in [2.24, 2.45) is 0 Å². The molecule has 268 valence electrons. The lowest BCUT2D eigenvalue weighted by atomic mass is 9.96. The van der Waals surface area contributed by atoms with Crippen molar-refractivity contribution in [2.75, 3.05) is 17.2 Å². The smallest absolute Gasteiger partial charge is 0.387 e. The lowest BCUT2D eigenvalue weighted by molar-refractivity contribution is -0.0506. The maximum atomic E-state index is 12.1. The zero-order valence-electron chi connectivity index (χ0n) is 28.9. The van der Waals surface area contributed by atoms with Crippen molar-refractivity contribution >= 4 is 23.1 Å². The Kier molecular flexibility index (Phi) is 17.0. The number of hydrogen-bond acceptors (Lipinski definition) is 6. The largest absolute Gasteiger partial charge is 0.435 e. The van der Waals surface area contributed by atoms with Gasteiger partial charge in [-0.25, -0.2) is 0 Å². The molecule has 3 aromatic rings. The fraction of sp³-hybridized carbons (Fsp3) is 0.444. The van der Waals surface area contributed by atoms with E-state index in [4.69, 9.17) is 17.2 Å². The summed E-state index contributed by atoms with van der Waals surface area (Å²) >= 11 is 0. The molecule has 0 unspecified atom stereocenters. The molecule has 0 aliphatic carbocycles. The molecule has 0 aliphatic rings. The Balaban J connectivity index is 0.000000360. The zero-order valence-corrected chi connectivity index (χ0v) is 28.9. The van der Waals surface area contributed by atoms with E-state index in [2.05, 4.69) is 20.8 Å². The summed E-state index contributed by atoms with van der Waals surface area (Å²) < 4.78 is 86.0. The highest BCUT2D eigenvalue weighted by atomic mass is 19.3. The third kappa shape index (κ3) is 12.8. The van der Waals surface area contributed by atoms with Gasteiger partial charge in [-0.15, -0.1) is 0 Å². The number of alkyl halides is 6. The van der Waals surface area contributed by atoms with Crippen LogP contribution in [0.3, 0.4) is 0 Å². The molecule has 0 radical (unpaired) electrons. The van der Waals surface area contributed by atoms with Gasteiger partial charge in [-0.05, 0) is 94.8 Å². The minimum Gasteiger partial charge on any atom is -0.435 e. The van der Waals surface area contributed by atoms with Gasteiger partial charge in [0.25, 0.3) is 0 Å². The minimum absolute atomic E-state index is 0.114. The molecular formula is C36H49F6N3O3. The van der Waals surface area contributed by atoms with Crippen LogP contribution in [0.25, 0.3) is 6.08 Å². The molecule has 6 N–H and O–H groups in total. The molecule has 0 amide bonds. The maximum Gasteiger partial charge on any atom is 0.387 e. The first-order valence-electron chi connectivity index (χ1n) is 15.6. The van der Waals surface area contributed by atoms with E-state index in [0.29, 0.717) is 35.5 Å². The van der Waals surface area contributed by atoms with Crippen molar-refractivity contribution < 1.29 is 40.6 Å². The molecule has 6 nitrogen and oxygen atoms in total. The molecule has 3 rings (SSSR count). The Morgan fingerprint density at radius 1 is 0.542 bits per heavy atom. The fourth-order valence-electron chi connectivity index (χ4n) is 4.79. The van der Waals surface area contributed by atoms with Crippen LogP contribution in [0.5, 0.6) is 17.2 Å². The maximum absolute atomic E-state index is 12.1. The van der Waals surface area contributed by atoms with Gasteiger partial charge in [0.1, 0.15) is 17.2 Å². The molecule has 0 heterocycles. The van der Waals surface area contributed by atoms with E-state index >= 15 is 0 Å². The third-order valence-corrected chi connectivity index (χ3v) is 7.28. The van der Waals surface area contributed by atoms with Crippen LogP contribution in [0.15, 0.2) is 43.0 Å². The van der Waals surface area contributed by atoms with Crippen LogP contribution >= 0.6 is 0 Å². The van der Waals surface area contributed by atoms with E-state index in [1.807, 2.05) is 55.4 Å². The van der Waals surface area contributed by atoms with Gasteiger partial charge in [0, 0.05) is 22.6 Å². The van der Waals surface area contributed by atoms with E-state index in [9.17, 15) is 26.3 Å². The number of aryl methyl sites for hydroxylation is 2. The minimum atomic E-state index is -2.83. The monoisotopic (exact) mass is 685 g/mol. The molecule has 0 saturated carbocycles. The lowest BCUT2D eigenvalue weighted by Gasteiger charge is -2.15. The molecular weight excluding hydrogens is 636 g/mol. The van der Waals surface area contributed by atoms with Crippen molar-refractivity contribution in [3.05, 3.63) is 76.4 Å². The first-order chi connectivity index (χ1) is 22.4. The second-order valence-electron chi connectivity index (χ2n) is 11.7. The van der Waals surface area contributed by atoms with Gasteiger partial charge in [0.15, 0.2) is 0 Å². The summed E-state index contributed by atoms with van der Waals surface area (Å²) in [4.78, 5) is 0. The predicted molar refractivity (Wildman–Crippen MR) is 184 cm³/mol. The van der Waals surface area contributed by atoms with Crippen molar-refractivity contribution in [2.45, 2.75) is 106 Å². The van der Waals surface area contributed by atoms with Crippen molar-refractivity contribution in [3.8, 4) is 17.2 Å². The van der Waals surface area contributed by atoms with Gasteiger partial charge in [0.2, 0.25) is 0 Å². The summed E-state index contributed by atoms with van der Waals surface area (Å²) in [6.45, 7) is 10.8. The second-order valence-corrected chi connectivity index (χ2v) is 11.7. The Morgan fingerprint density at radius 3 is 1.08 bits per heavy atom. The van der Waals surface area contributed by atoms with Crippen LogP contribution in [-0.2, 0) is 12.8 Å². The second kappa shape index (κ2) is 19.6. The highest BCUT2D eigenvalue weighted by Gasteiger charge is 2.15. The molecule has 0 fully saturated rings. The quantitative estimate of drug-likeness (QED) is 0.129. The predicted octanol–water partition coefficient (Wildman–Crippen LogP) is 10.7. The van der Waals surface area contributed by atoms with Gasteiger partial charge in [-0.1, -0.05) is 68.0 Å². The molecule has 12 heteroatoms. The number of nitrogens with two attached hydrogens (primary N) is 3. The Hall–Kier alpha value is -4.22. The number of halogens is 6. The zero-order chi connectivity index (χ0) is 36.9. The molecule has 0 atom stereocenters. The van der Waals surface area contributed by atoms with Gasteiger partial charge in [0.05, 0.1) is 0 Å². The van der Waals surface area contributed by atoms with E-state index in [1.165, 1.54) is 12.1 Å². The molecule has 0 saturated heterocycles. The number of benzene rings is 3. The number of rotatable bonds is 12. The Labute approximate surface area is 280 Å². The summed E-state index contributed by atoms with van der Waals surface area (Å²) in [6.07, 6.45) is 2.93. The van der Waals surface area contributed by atoms with Crippen LogP contribution in [0.1, 0.15) is 107 Å². The Morgan fingerprint density at radius 2 is 0.833 bits per heavy atom. The summed E-state index contributed by atoms with van der Waals surface area (Å²) in [6, 6.07) is 9.33. The molecule has 48 heavy (non-hydrogen) atoms. The SMILES string of the molecule is C=Cc1cc(OC(F)F)cc(C(C)C)c1N.CCc1cc(OC(F)F)cc(C(C)C)c1N.CCc1cc(OC(F)F)cc(C(C)C)c1N. The van der Waals surface area contributed by atoms with Crippen LogP contribution in [0.2, 0.25) is 0 Å². The van der Waals surface area contributed by atoms with Crippen LogP contribution < -0.4 is 31.4 Å². The van der Waals surface area contributed by atoms with E-state index in [-0.39, 0.29) is 35.0 Å². The summed E-state index contributed by atoms with van der Waals surface area (Å²) in [7, 11) is 0. The molecule has 0 bridgehead atoms. The summed E-state index contributed by atoms with van der Waals surface area (Å²) in [5, 5.41) is 0. The summed E-state index contributed by atoms with van der Waals surface area (Å²) in [5.74, 6) is 0.996. The molecule has 0 spiro atoms. The van der Waals surface area contributed by atoms with E-state index in [0.717, 1.165) is 27.8 Å². The summed E-state index contributed by atoms with van der Waals surface area (Å²) in [5.41, 5.74) is 24.5. The van der Waals surface area contributed by atoms with Crippen molar-refractivity contribution in [3.63, 3.8) is 0 Å². The van der Waals surface area contributed by atoms with E-state index in [1.54, 1.807) is 30.3 Å². The normalized spacial score (nSPS) is 11.1. The van der Waals surface area contributed by atoms with Crippen LogP contribution in [-0.4, -0.2) is 19.8 Å². The fourth-order valence-corrected chi connectivity index (χ4v) is 4.79. The topological polar surface area (TPSA) is 106 Å². The number of anilines is 3. The first kappa shape index (κ1) is 41.8. The average molecular weight is 686 g/mol. The molecule has 3 aromatic carbocycles. The molecule has 0 aliphatic heterocycles. The van der Waals surface area contributed by atoms with Gasteiger partial charge in [-0.2, -0.15) is 26.3 Å².